The molecule has 2 saturated heterocycles. The summed E-state index contributed by atoms with van der Waals surface area (Å²) in [7, 11) is 0. The van der Waals surface area contributed by atoms with Crippen LogP contribution < -0.4 is 9.80 Å². The first-order valence-corrected chi connectivity index (χ1v) is 9.39. The van der Waals surface area contributed by atoms with E-state index in [9.17, 15) is 4.79 Å². The highest BCUT2D eigenvalue weighted by Gasteiger charge is 2.23. The Morgan fingerprint density at radius 1 is 1.04 bits per heavy atom. The summed E-state index contributed by atoms with van der Waals surface area (Å²) in [6.45, 7) is 5.39. The van der Waals surface area contributed by atoms with Crippen LogP contribution in [-0.2, 0) is 4.74 Å². The van der Waals surface area contributed by atoms with Crippen LogP contribution in [0.2, 0.25) is 5.02 Å². The fourth-order valence-corrected chi connectivity index (χ4v) is 3.54. The summed E-state index contributed by atoms with van der Waals surface area (Å²) in [6, 6.07) is 3.68. The number of aromatic nitrogens is 3. The molecular formula is C18H21ClN6O2. The van der Waals surface area contributed by atoms with Crippen molar-refractivity contribution in [2.75, 3.05) is 62.3 Å². The fraction of sp³-hybridized carbons (Fsp3) is 0.444. The summed E-state index contributed by atoms with van der Waals surface area (Å²) in [5, 5.41) is 0.656. The van der Waals surface area contributed by atoms with Crippen LogP contribution in [0.3, 0.4) is 0 Å². The topological polar surface area (TPSA) is 74.7 Å². The Bertz CT molecular complexity index is 806. The van der Waals surface area contributed by atoms with E-state index in [0.29, 0.717) is 37.0 Å². The molecule has 1 amide bonds. The van der Waals surface area contributed by atoms with Crippen LogP contribution in [0.4, 0.5) is 11.6 Å². The highest BCUT2D eigenvalue weighted by atomic mass is 35.5. The molecule has 0 aromatic carbocycles. The molecule has 0 N–H and O–H groups in total. The number of carbonyl (C=O) groups excluding carboxylic acids is 1. The molecule has 0 bridgehead atoms. The molecule has 4 rings (SSSR count). The Hall–Kier alpha value is -2.45. The molecule has 2 aromatic rings. The largest absolute Gasteiger partial charge is 0.378 e. The first-order valence-electron chi connectivity index (χ1n) is 9.02. The zero-order chi connectivity index (χ0) is 18.6. The number of hydrogen-bond donors (Lipinski definition) is 0. The normalized spacial score (nSPS) is 17.9. The lowest BCUT2D eigenvalue weighted by Crippen LogP contribution is -2.47. The van der Waals surface area contributed by atoms with Crippen molar-refractivity contribution in [1.82, 2.24) is 19.9 Å². The van der Waals surface area contributed by atoms with E-state index in [-0.39, 0.29) is 5.91 Å². The molecule has 0 radical (unpaired) electrons. The summed E-state index contributed by atoms with van der Waals surface area (Å²) in [4.78, 5) is 31.9. The van der Waals surface area contributed by atoms with Gasteiger partial charge in [-0.1, -0.05) is 11.6 Å². The standard InChI is InChI=1S/C18H21ClN6O2/c19-14-2-1-3-21-17(14)24-6-4-23(5-7-24)16-13-20-12-15(22-16)18(26)25-8-10-27-11-9-25/h1-3,12-13H,4-11H2. The van der Waals surface area contributed by atoms with Crippen molar-refractivity contribution in [2.45, 2.75) is 0 Å². The van der Waals surface area contributed by atoms with Crippen molar-refractivity contribution in [2.24, 2.45) is 0 Å². The third kappa shape index (κ3) is 3.96. The number of anilines is 2. The van der Waals surface area contributed by atoms with E-state index in [0.717, 1.165) is 37.8 Å². The molecule has 2 aromatic heterocycles. The smallest absolute Gasteiger partial charge is 0.274 e. The van der Waals surface area contributed by atoms with Gasteiger partial charge in [-0.25, -0.2) is 9.97 Å². The molecule has 4 heterocycles. The molecule has 2 aliphatic heterocycles. The second-order valence-electron chi connectivity index (χ2n) is 6.45. The maximum atomic E-state index is 12.6. The average molecular weight is 389 g/mol. The highest BCUT2D eigenvalue weighted by molar-refractivity contribution is 6.32. The van der Waals surface area contributed by atoms with E-state index in [1.807, 2.05) is 12.1 Å². The average Bonchev–Trinajstić information content (AvgIpc) is 2.74. The van der Waals surface area contributed by atoms with E-state index < -0.39 is 0 Å². The van der Waals surface area contributed by atoms with E-state index in [1.54, 1.807) is 17.3 Å². The molecule has 27 heavy (non-hydrogen) atoms. The van der Waals surface area contributed by atoms with Crippen LogP contribution in [-0.4, -0.2) is 78.2 Å². The Morgan fingerprint density at radius 3 is 2.52 bits per heavy atom. The molecule has 0 aliphatic carbocycles. The Kier molecular flexibility index (Phi) is 5.35. The van der Waals surface area contributed by atoms with Gasteiger partial charge in [-0.2, -0.15) is 0 Å². The molecule has 2 fully saturated rings. The number of nitrogens with zero attached hydrogens (tertiary/aromatic N) is 6. The van der Waals surface area contributed by atoms with Crippen molar-refractivity contribution in [3.8, 4) is 0 Å². The Labute approximate surface area is 162 Å². The van der Waals surface area contributed by atoms with Crippen LogP contribution in [0.25, 0.3) is 0 Å². The number of piperazine rings is 1. The molecule has 2 aliphatic rings. The minimum Gasteiger partial charge on any atom is -0.378 e. The number of amides is 1. The Morgan fingerprint density at radius 2 is 1.78 bits per heavy atom. The lowest BCUT2D eigenvalue weighted by molar-refractivity contribution is 0.0299. The summed E-state index contributed by atoms with van der Waals surface area (Å²) in [5.74, 6) is 1.44. The SMILES string of the molecule is O=C(c1cncc(N2CCN(c3ncccc3Cl)CC2)n1)N1CCOCC1. The molecular weight excluding hydrogens is 368 g/mol. The van der Waals surface area contributed by atoms with Crippen LogP contribution in [0.5, 0.6) is 0 Å². The van der Waals surface area contributed by atoms with Crippen LogP contribution in [0.1, 0.15) is 10.5 Å². The summed E-state index contributed by atoms with van der Waals surface area (Å²) in [5.41, 5.74) is 0.379. The van der Waals surface area contributed by atoms with Crippen molar-refractivity contribution >= 4 is 29.1 Å². The van der Waals surface area contributed by atoms with Gasteiger partial charge in [0.2, 0.25) is 0 Å². The number of hydrogen-bond acceptors (Lipinski definition) is 7. The molecule has 0 atom stereocenters. The number of carbonyl (C=O) groups is 1. The highest BCUT2D eigenvalue weighted by Crippen LogP contribution is 2.24. The van der Waals surface area contributed by atoms with Gasteiger partial charge in [0.25, 0.3) is 5.91 Å². The van der Waals surface area contributed by atoms with Crippen molar-refractivity contribution in [1.29, 1.82) is 0 Å². The molecule has 9 heteroatoms. The quantitative estimate of drug-likeness (QED) is 0.785. The fourth-order valence-electron chi connectivity index (χ4n) is 3.30. The molecule has 142 valence electrons. The predicted octanol–water partition coefficient (Wildman–Crippen LogP) is 1.32. The van der Waals surface area contributed by atoms with Crippen molar-refractivity contribution in [3.05, 3.63) is 41.4 Å². The third-order valence-corrected chi connectivity index (χ3v) is 5.08. The van der Waals surface area contributed by atoms with Crippen molar-refractivity contribution < 1.29 is 9.53 Å². The third-order valence-electron chi connectivity index (χ3n) is 4.78. The van der Waals surface area contributed by atoms with E-state index in [2.05, 4.69) is 24.8 Å². The Balaban J connectivity index is 1.43. The zero-order valence-corrected chi connectivity index (χ0v) is 15.7. The van der Waals surface area contributed by atoms with Gasteiger partial charge in [0, 0.05) is 45.5 Å². The molecule has 0 spiro atoms. The van der Waals surface area contributed by atoms with Gasteiger partial charge >= 0.3 is 0 Å². The number of ether oxygens (including phenoxy) is 1. The maximum absolute atomic E-state index is 12.6. The minimum absolute atomic E-state index is 0.0912. The number of rotatable bonds is 3. The van der Waals surface area contributed by atoms with Gasteiger partial charge in [-0.05, 0) is 12.1 Å². The lowest BCUT2D eigenvalue weighted by Gasteiger charge is -2.36. The van der Waals surface area contributed by atoms with Crippen LogP contribution in [0.15, 0.2) is 30.7 Å². The van der Waals surface area contributed by atoms with Crippen LogP contribution >= 0.6 is 11.6 Å². The van der Waals surface area contributed by atoms with Crippen LogP contribution in [0, 0.1) is 0 Å². The van der Waals surface area contributed by atoms with Crippen molar-refractivity contribution in [3.63, 3.8) is 0 Å². The van der Waals surface area contributed by atoms with Gasteiger partial charge in [-0.3, -0.25) is 9.78 Å². The zero-order valence-electron chi connectivity index (χ0n) is 14.9. The first kappa shape index (κ1) is 17.9. The summed E-state index contributed by atoms with van der Waals surface area (Å²) < 4.78 is 5.30. The monoisotopic (exact) mass is 388 g/mol. The van der Waals surface area contributed by atoms with E-state index in [1.165, 1.54) is 6.20 Å². The molecule has 8 nitrogen and oxygen atoms in total. The number of pyridine rings is 1. The van der Waals surface area contributed by atoms with Gasteiger partial charge in [-0.15, -0.1) is 0 Å². The van der Waals surface area contributed by atoms with E-state index in [4.69, 9.17) is 16.3 Å². The predicted molar refractivity (Wildman–Crippen MR) is 102 cm³/mol. The molecule has 0 saturated carbocycles. The molecule has 0 unspecified atom stereocenters. The number of halogens is 1. The van der Waals surface area contributed by atoms with Gasteiger partial charge in [0.05, 0.1) is 30.6 Å². The first-order chi connectivity index (χ1) is 13.2. The second-order valence-corrected chi connectivity index (χ2v) is 6.86. The van der Waals surface area contributed by atoms with Gasteiger partial charge < -0.3 is 19.4 Å². The lowest BCUT2D eigenvalue weighted by atomic mass is 10.3. The van der Waals surface area contributed by atoms with Gasteiger partial charge in [0.15, 0.2) is 0 Å². The second kappa shape index (κ2) is 8.06. The minimum atomic E-state index is -0.0912. The number of morpholine rings is 1. The van der Waals surface area contributed by atoms with E-state index >= 15 is 0 Å². The summed E-state index contributed by atoms with van der Waals surface area (Å²) in [6.07, 6.45) is 4.99. The van der Waals surface area contributed by atoms with Gasteiger partial charge in [0.1, 0.15) is 17.3 Å². The maximum Gasteiger partial charge on any atom is 0.274 e. The summed E-state index contributed by atoms with van der Waals surface area (Å²) >= 11 is 6.25.